The minimum Gasteiger partial charge on any atom is -0.394 e. The number of carbonyl (C=O) groups is 2. The van der Waals surface area contributed by atoms with Crippen LogP contribution >= 0.6 is 0 Å². The Hall–Kier alpha value is -2.78. The van der Waals surface area contributed by atoms with Gasteiger partial charge in [-0.3, -0.25) is 14.5 Å². The van der Waals surface area contributed by atoms with Crippen molar-refractivity contribution in [2.45, 2.75) is 35.4 Å². The van der Waals surface area contributed by atoms with Crippen molar-refractivity contribution in [3.8, 4) is 0 Å². The monoisotopic (exact) mass is 408 g/mol. The van der Waals surface area contributed by atoms with E-state index in [9.17, 15) is 24.9 Å². The Morgan fingerprint density at radius 2 is 1.87 bits per heavy atom. The van der Waals surface area contributed by atoms with E-state index in [1.807, 2.05) is 24.3 Å². The smallest absolute Gasteiger partial charge is 0.265 e. The summed E-state index contributed by atoms with van der Waals surface area (Å²) in [5, 5.41) is 35.1. The molecule has 0 radical (unpaired) electrons. The number of hydrogen-bond donors (Lipinski definition) is 4. The minimum absolute atomic E-state index is 0.332. The zero-order valence-electron chi connectivity index (χ0n) is 15.9. The molecule has 0 aliphatic carbocycles. The molecule has 0 aromatic heterocycles. The van der Waals surface area contributed by atoms with Crippen molar-refractivity contribution < 1.29 is 29.6 Å². The molecule has 6 atom stereocenters. The minimum atomic E-state index is -2.33. The molecule has 2 saturated heterocycles. The van der Waals surface area contributed by atoms with Crippen LogP contribution in [0, 0.1) is 0 Å². The molecular weight excluding hydrogens is 388 g/mol. The summed E-state index contributed by atoms with van der Waals surface area (Å²) >= 11 is 0. The van der Waals surface area contributed by atoms with Crippen molar-refractivity contribution in [1.29, 1.82) is 0 Å². The summed E-state index contributed by atoms with van der Waals surface area (Å²) < 4.78 is 5.91. The molecule has 0 bridgehead atoms. The third kappa shape index (κ3) is 1.74. The van der Waals surface area contributed by atoms with E-state index < -0.39 is 47.9 Å². The Morgan fingerprint density at radius 1 is 1.13 bits per heavy atom. The molecule has 2 aromatic carbocycles. The average molecular weight is 408 g/mol. The Bertz CT molecular complexity index is 1100. The lowest BCUT2D eigenvalue weighted by Gasteiger charge is -2.39. The number of Topliss-reactive ketones (excluding diaryl/α,β-unsaturated/α-hetero) is 1. The van der Waals surface area contributed by atoms with Gasteiger partial charge in [-0.05, 0) is 23.8 Å². The van der Waals surface area contributed by atoms with Gasteiger partial charge in [-0.2, -0.15) is 0 Å². The van der Waals surface area contributed by atoms with Crippen LogP contribution in [0.2, 0.25) is 0 Å². The van der Waals surface area contributed by atoms with Gasteiger partial charge in [-0.15, -0.1) is 0 Å². The Kier molecular flexibility index (Phi) is 3.41. The van der Waals surface area contributed by atoms with E-state index in [4.69, 9.17) is 4.74 Å². The molecule has 4 aliphatic heterocycles. The van der Waals surface area contributed by atoms with Crippen LogP contribution in [-0.4, -0.2) is 69.6 Å². The molecular formula is C22H20N2O6. The van der Waals surface area contributed by atoms with E-state index >= 15 is 0 Å². The number of aliphatic hydroxyl groups is 3. The number of benzene rings is 2. The van der Waals surface area contributed by atoms with Crippen molar-refractivity contribution in [1.82, 2.24) is 0 Å². The van der Waals surface area contributed by atoms with Crippen LogP contribution in [0.15, 0.2) is 48.5 Å². The normalized spacial score (nSPS) is 38.3. The quantitative estimate of drug-likeness (QED) is 0.554. The number of para-hydroxylation sites is 2. The van der Waals surface area contributed by atoms with Gasteiger partial charge < -0.3 is 25.4 Å². The highest BCUT2D eigenvalue weighted by Crippen LogP contribution is 2.60. The molecule has 8 heteroatoms. The summed E-state index contributed by atoms with van der Waals surface area (Å²) in [5.74, 6) is -1.62. The second kappa shape index (κ2) is 5.67. The van der Waals surface area contributed by atoms with Gasteiger partial charge >= 0.3 is 0 Å². The number of anilines is 2. The zero-order chi connectivity index (χ0) is 20.8. The van der Waals surface area contributed by atoms with Crippen LogP contribution in [-0.2, 0) is 9.53 Å². The van der Waals surface area contributed by atoms with Crippen LogP contribution in [0.3, 0.4) is 0 Å². The van der Waals surface area contributed by atoms with Crippen molar-refractivity contribution in [3.63, 3.8) is 0 Å². The van der Waals surface area contributed by atoms with Crippen LogP contribution in [0.5, 0.6) is 0 Å². The number of rotatable bonds is 2. The molecule has 2 aromatic rings. The number of hydrogen-bond acceptors (Lipinski definition) is 7. The maximum atomic E-state index is 14.0. The second-order valence-electron chi connectivity index (χ2n) is 8.34. The van der Waals surface area contributed by atoms with Gasteiger partial charge in [-0.25, -0.2) is 0 Å². The van der Waals surface area contributed by atoms with Gasteiger partial charge in [0.25, 0.3) is 5.91 Å². The lowest BCUT2D eigenvalue weighted by atomic mass is 9.71. The summed E-state index contributed by atoms with van der Waals surface area (Å²) in [4.78, 5) is 28.9. The Labute approximate surface area is 171 Å². The molecule has 0 spiro atoms. The number of aliphatic hydroxyl groups excluding tert-OH is 2. The van der Waals surface area contributed by atoms with Crippen LogP contribution < -0.4 is 10.2 Å². The summed E-state index contributed by atoms with van der Waals surface area (Å²) in [6, 6.07) is 14.3. The number of nitrogens with zero attached hydrogens (tertiary/aromatic N) is 1. The summed E-state index contributed by atoms with van der Waals surface area (Å²) in [6.07, 6.45) is -4.14. The molecule has 4 aliphatic rings. The standard InChI is InChI=1S/C22H20N2O6/c25-10-16-18(27)22(29)19(30-16)21(13-9-23-14-7-3-1-5-11(13)14)17(26)12-6-2-4-8-15(12)24(21)20(22)28/h1-8,13,16,18-19,23,25,27,29H,9-10H2/t13?,16-,18-,19?,21?,22-/m0/s1. The highest BCUT2D eigenvalue weighted by atomic mass is 16.6. The summed E-state index contributed by atoms with van der Waals surface area (Å²) in [5.41, 5.74) is -1.43. The van der Waals surface area contributed by atoms with Crippen LogP contribution in [0.1, 0.15) is 21.8 Å². The molecule has 2 fully saturated rings. The van der Waals surface area contributed by atoms with Crippen molar-refractivity contribution >= 4 is 23.1 Å². The lowest BCUT2D eigenvalue weighted by Crippen LogP contribution is -2.60. The first kappa shape index (κ1) is 18.0. The molecule has 8 nitrogen and oxygen atoms in total. The van der Waals surface area contributed by atoms with Crippen molar-refractivity contribution in [2.75, 3.05) is 23.4 Å². The summed E-state index contributed by atoms with van der Waals surface area (Å²) in [7, 11) is 0. The van der Waals surface area contributed by atoms with Gasteiger partial charge in [0, 0.05) is 23.7 Å². The maximum absolute atomic E-state index is 14.0. The van der Waals surface area contributed by atoms with E-state index in [-0.39, 0.29) is 5.78 Å². The van der Waals surface area contributed by atoms with Gasteiger partial charge in [-0.1, -0.05) is 30.3 Å². The molecule has 30 heavy (non-hydrogen) atoms. The highest BCUT2D eigenvalue weighted by Gasteiger charge is 2.81. The van der Waals surface area contributed by atoms with Crippen LogP contribution in [0.25, 0.3) is 0 Å². The average Bonchev–Trinajstić information content (AvgIpc) is 3.43. The fourth-order valence-electron chi connectivity index (χ4n) is 5.86. The van der Waals surface area contributed by atoms with E-state index in [2.05, 4.69) is 5.32 Å². The third-order valence-electron chi connectivity index (χ3n) is 7.13. The maximum Gasteiger partial charge on any atom is 0.265 e. The van der Waals surface area contributed by atoms with Crippen molar-refractivity contribution in [3.05, 3.63) is 59.7 Å². The van der Waals surface area contributed by atoms with Gasteiger partial charge in [0.05, 0.1) is 12.3 Å². The predicted octanol–water partition coefficient (Wildman–Crippen LogP) is 0.0293. The van der Waals surface area contributed by atoms with Crippen LogP contribution in [0.4, 0.5) is 11.4 Å². The first-order valence-electron chi connectivity index (χ1n) is 9.95. The number of ether oxygens (including phenoxy) is 1. The summed E-state index contributed by atoms with van der Waals surface area (Å²) in [6.45, 7) is -0.220. The van der Waals surface area contributed by atoms with Crippen molar-refractivity contribution in [2.24, 2.45) is 0 Å². The SMILES string of the molecule is O=C1c2ccccc2N2C(=O)[C@@]3(O)C(O[C@@H](CO)[C@@H]3O)C12C1CNc2ccccc21. The number of ketones is 1. The topological polar surface area (TPSA) is 119 Å². The van der Waals surface area contributed by atoms with E-state index in [1.54, 1.807) is 24.3 Å². The molecule has 154 valence electrons. The fourth-order valence-corrected chi connectivity index (χ4v) is 5.86. The number of fused-ring (bicyclic) bond motifs is 6. The number of amides is 1. The van der Waals surface area contributed by atoms with Gasteiger partial charge in [0.2, 0.25) is 5.60 Å². The van der Waals surface area contributed by atoms with E-state index in [0.29, 0.717) is 17.8 Å². The lowest BCUT2D eigenvalue weighted by molar-refractivity contribution is -0.144. The zero-order valence-corrected chi connectivity index (χ0v) is 15.9. The highest BCUT2D eigenvalue weighted by molar-refractivity contribution is 6.26. The molecule has 0 saturated carbocycles. The fraction of sp³-hybridized carbons (Fsp3) is 0.364. The first-order valence-corrected chi connectivity index (χ1v) is 9.95. The molecule has 4 heterocycles. The first-order chi connectivity index (χ1) is 14.5. The van der Waals surface area contributed by atoms with Gasteiger partial charge in [0.1, 0.15) is 23.9 Å². The van der Waals surface area contributed by atoms with E-state index in [1.165, 1.54) is 4.90 Å². The third-order valence-corrected chi connectivity index (χ3v) is 7.13. The Balaban J connectivity index is 1.64. The largest absolute Gasteiger partial charge is 0.394 e. The number of carbonyl (C=O) groups excluding carboxylic acids is 2. The molecule has 6 rings (SSSR count). The predicted molar refractivity (Wildman–Crippen MR) is 105 cm³/mol. The number of nitrogens with one attached hydrogen (secondary N) is 1. The van der Waals surface area contributed by atoms with Gasteiger partial charge in [0.15, 0.2) is 5.78 Å². The molecule has 4 N–H and O–H groups in total. The Morgan fingerprint density at radius 3 is 2.67 bits per heavy atom. The second-order valence-corrected chi connectivity index (χ2v) is 8.34. The molecule has 1 amide bonds. The van der Waals surface area contributed by atoms with E-state index in [0.717, 1.165) is 11.3 Å². The molecule has 3 unspecified atom stereocenters.